The zero-order valence-corrected chi connectivity index (χ0v) is 12.6. The molecule has 1 aromatic heterocycles. The van der Waals surface area contributed by atoms with Gasteiger partial charge in [0.25, 0.3) is 0 Å². The lowest BCUT2D eigenvalue weighted by Gasteiger charge is -2.25. The Hall–Kier alpha value is -1.29. The molecule has 2 heterocycles. The quantitative estimate of drug-likeness (QED) is 0.808. The van der Waals surface area contributed by atoms with Crippen molar-refractivity contribution in [3.05, 3.63) is 30.5 Å². The van der Waals surface area contributed by atoms with Gasteiger partial charge in [0.05, 0.1) is 7.11 Å². The van der Waals surface area contributed by atoms with Gasteiger partial charge in [0.15, 0.2) is 0 Å². The van der Waals surface area contributed by atoms with Gasteiger partial charge in [-0.2, -0.15) is 0 Å². The van der Waals surface area contributed by atoms with Crippen molar-refractivity contribution < 1.29 is 4.74 Å². The molecule has 3 nitrogen and oxygen atoms in total. The van der Waals surface area contributed by atoms with E-state index in [-0.39, 0.29) is 0 Å². The van der Waals surface area contributed by atoms with Gasteiger partial charge in [0.1, 0.15) is 11.6 Å². The molecule has 0 spiro atoms. The Labute approximate surface area is 121 Å². The van der Waals surface area contributed by atoms with Crippen molar-refractivity contribution in [2.45, 2.75) is 18.9 Å². The first-order valence-electron chi connectivity index (χ1n) is 6.59. The Morgan fingerprint density at radius 3 is 3.11 bits per heavy atom. The summed E-state index contributed by atoms with van der Waals surface area (Å²) in [7, 11) is 1.70. The first kappa shape index (κ1) is 12.7. The Morgan fingerprint density at radius 2 is 2.32 bits per heavy atom. The van der Waals surface area contributed by atoms with Crippen LogP contribution in [0.15, 0.2) is 30.5 Å². The molecular formula is C15H17BrN2O. The van der Waals surface area contributed by atoms with E-state index in [0.29, 0.717) is 6.04 Å². The number of fused-ring (bicyclic) bond motifs is 1. The molecule has 0 saturated carbocycles. The van der Waals surface area contributed by atoms with E-state index in [1.807, 2.05) is 18.3 Å². The first-order valence-corrected chi connectivity index (χ1v) is 7.71. The number of rotatable bonds is 3. The summed E-state index contributed by atoms with van der Waals surface area (Å²) in [6.07, 6.45) is 4.37. The molecule has 100 valence electrons. The Morgan fingerprint density at radius 1 is 1.42 bits per heavy atom. The SMILES string of the molecule is COc1ccc2c(N3CCCC3CBr)nccc2c1. The molecule has 19 heavy (non-hydrogen) atoms. The monoisotopic (exact) mass is 320 g/mol. The van der Waals surface area contributed by atoms with Gasteiger partial charge in [-0.25, -0.2) is 4.98 Å². The van der Waals surface area contributed by atoms with E-state index in [1.54, 1.807) is 7.11 Å². The van der Waals surface area contributed by atoms with Gasteiger partial charge in [-0.15, -0.1) is 0 Å². The number of hydrogen-bond acceptors (Lipinski definition) is 3. The second-order valence-electron chi connectivity index (χ2n) is 4.87. The highest BCUT2D eigenvalue weighted by atomic mass is 79.9. The van der Waals surface area contributed by atoms with Gasteiger partial charge in [-0.1, -0.05) is 15.9 Å². The molecule has 1 fully saturated rings. The summed E-state index contributed by atoms with van der Waals surface area (Å²) in [6, 6.07) is 8.79. The number of pyridine rings is 1. The predicted octanol–water partition coefficient (Wildman–Crippen LogP) is 3.61. The zero-order valence-electron chi connectivity index (χ0n) is 11.0. The van der Waals surface area contributed by atoms with E-state index in [1.165, 1.54) is 23.6 Å². The Balaban J connectivity index is 2.08. The molecule has 1 aliphatic rings. The lowest BCUT2D eigenvalue weighted by Crippen LogP contribution is -2.31. The van der Waals surface area contributed by atoms with Crippen molar-refractivity contribution in [1.82, 2.24) is 4.98 Å². The van der Waals surface area contributed by atoms with Gasteiger partial charge in [-0.05, 0) is 42.5 Å². The van der Waals surface area contributed by atoms with Crippen LogP contribution in [0, 0.1) is 0 Å². The Bertz CT molecular complexity index is 587. The summed E-state index contributed by atoms with van der Waals surface area (Å²) in [5.41, 5.74) is 0. The number of aromatic nitrogens is 1. The van der Waals surface area contributed by atoms with Crippen LogP contribution in [-0.2, 0) is 0 Å². The number of alkyl halides is 1. The fraction of sp³-hybridized carbons (Fsp3) is 0.400. The minimum Gasteiger partial charge on any atom is -0.497 e. The van der Waals surface area contributed by atoms with Crippen LogP contribution in [0.2, 0.25) is 0 Å². The molecule has 2 aromatic rings. The summed E-state index contributed by atoms with van der Waals surface area (Å²) in [5, 5.41) is 3.39. The van der Waals surface area contributed by atoms with E-state index in [9.17, 15) is 0 Å². The van der Waals surface area contributed by atoms with E-state index in [2.05, 4.69) is 37.9 Å². The normalized spacial score (nSPS) is 19.1. The lowest BCUT2D eigenvalue weighted by atomic mass is 10.1. The smallest absolute Gasteiger partial charge is 0.136 e. The fourth-order valence-electron chi connectivity index (χ4n) is 2.77. The molecule has 0 amide bonds. The summed E-state index contributed by atoms with van der Waals surface area (Å²) >= 11 is 3.61. The number of hydrogen-bond donors (Lipinski definition) is 0. The predicted molar refractivity (Wildman–Crippen MR) is 82.5 cm³/mol. The third-order valence-corrected chi connectivity index (χ3v) is 4.53. The van der Waals surface area contributed by atoms with Crippen molar-refractivity contribution in [2.75, 3.05) is 23.9 Å². The maximum atomic E-state index is 5.29. The van der Waals surface area contributed by atoms with Crippen LogP contribution < -0.4 is 9.64 Å². The minimum atomic E-state index is 0.556. The highest BCUT2D eigenvalue weighted by Crippen LogP contribution is 2.32. The van der Waals surface area contributed by atoms with Crippen LogP contribution in [0.25, 0.3) is 10.8 Å². The van der Waals surface area contributed by atoms with Crippen LogP contribution in [0.3, 0.4) is 0 Å². The molecule has 1 aromatic carbocycles. The number of methoxy groups -OCH3 is 1. The van der Waals surface area contributed by atoms with E-state index >= 15 is 0 Å². The van der Waals surface area contributed by atoms with Crippen LogP contribution >= 0.6 is 15.9 Å². The number of anilines is 1. The van der Waals surface area contributed by atoms with Gasteiger partial charge < -0.3 is 9.64 Å². The third kappa shape index (κ3) is 2.29. The highest BCUT2D eigenvalue weighted by molar-refractivity contribution is 9.09. The molecule has 1 saturated heterocycles. The molecule has 1 atom stereocenters. The van der Waals surface area contributed by atoms with Crippen molar-refractivity contribution in [3.63, 3.8) is 0 Å². The summed E-state index contributed by atoms with van der Waals surface area (Å²) < 4.78 is 5.29. The van der Waals surface area contributed by atoms with E-state index in [4.69, 9.17) is 4.74 Å². The number of nitrogens with zero attached hydrogens (tertiary/aromatic N) is 2. The molecule has 1 aliphatic heterocycles. The molecule has 0 aliphatic carbocycles. The van der Waals surface area contributed by atoms with Crippen molar-refractivity contribution in [1.29, 1.82) is 0 Å². The van der Waals surface area contributed by atoms with Crippen LogP contribution in [0.1, 0.15) is 12.8 Å². The average Bonchev–Trinajstić information content (AvgIpc) is 2.94. The van der Waals surface area contributed by atoms with Crippen LogP contribution in [0.5, 0.6) is 5.75 Å². The maximum Gasteiger partial charge on any atom is 0.136 e. The average molecular weight is 321 g/mol. The van der Waals surface area contributed by atoms with Gasteiger partial charge in [-0.3, -0.25) is 0 Å². The summed E-state index contributed by atoms with van der Waals surface area (Å²) in [5.74, 6) is 1.99. The van der Waals surface area contributed by atoms with Crippen molar-refractivity contribution in [3.8, 4) is 5.75 Å². The topological polar surface area (TPSA) is 25.4 Å². The number of halogens is 1. The van der Waals surface area contributed by atoms with Crippen LogP contribution in [-0.4, -0.2) is 30.0 Å². The summed E-state index contributed by atoms with van der Waals surface area (Å²) in [4.78, 5) is 7.03. The second kappa shape index (κ2) is 5.37. The molecule has 0 radical (unpaired) electrons. The molecule has 0 N–H and O–H groups in total. The molecule has 0 bridgehead atoms. The van der Waals surface area contributed by atoms with Crippen molar-refractivity contribution in [2.24, 2.45) is 0 Å². The Kier molecular flexibility index (Phi) is 3.60. The van der Waals surface area contributed by atoms with E-state index in [0.717, 1.165) is 23.4 Å². The third-order valence-electron chi connectivity index (χ3n) is 3.78. The summed E-state index contributed by atoms with van der Waals surface area (Å²) in [6.45, 7) is 1.09. The first-order chi connectivity index (χ1) is 9.33. The number of ether oxygens (including phenoxy) is 1. The highest BCUT2D eigenvalue weighted by Gasteiger charge is 2.25. The molecular weight excluding hydrogens is 304 g/mol. The molecule has 3 rings (SSSR count). The van der Waals surface area contributed by atoms with Gasteiger partial charge >= 0.3 is 0 Å². The maximum absolute atomic E-state index is 5.29. The van der Waals surface area contributed by atoms with Crippen LogP contribution in [0.4, 0.5) is 5.82 Å². The lowest BCUT2D eigenvalue weighted by molar-refractivity contribution is 0.415. The molecule has 1 unspecified atom stereocenters. The zero-order chi connectivity index (χ0) is 13.2. The second-order valence-corrected chi connectivity index (χ2v) is 5.51. The number of benzene rings is 1. The van der Waals surface area contributed by atoms with Gasteiger partial charge in [0, 0.05) is 29.5 Å². The fourth-order valence-corrected chi connectivity index (χ4v) is 3.44. The standard InChI is InChI=1S/C15H17BrN2O/c1-19-13-4-5-14-11(9-13)6-7-17-15(14)18-8-2-3-12(18)10-16/h4-7,9,12H,2-3,8,10H2,1H3. The minimum absolute atomic E-state index is 0.556. The van der Waals surface area contributed by atoms with Gasteiger partial charge in [0.2, 0.25) is 0 Å². The molecule has 4 heteroatoms. The van der Waals surface area contributed by atoms with E-state index < -0.39 is 0 Å². The van der Waals surface area contributed by atoms with Crippen molar-refractivity contribution >= 4 is 32.5 Å². The largest absolute Gasteiger partial charge is 0.497 e.